The Balaban J connectivity index is 2.01. The molecule has 1 aliphatic rings. The van der Waals surface area contributed by atoms with E-state index in [0.29, 0.717) is 5.75 Å². The van der Waals surface area contributed by atoms with E-state index in [1.54, 1.807) is 19.1 Å². The van der Waals surface area contributed by atoms with Crippen LogP contribution in [0.25, 0.3) is 0 Å². The van der Waals surface area contributed by atoms with Crippen molar-refractivity contribution in [1.29, 1.82) is 0 Å². The van der Waals surface area contributed by atoms with Gasteiger partial charge in [0.1, 0.15) is 17.7 Å². The van der Waals surface area contributed by atoms with E-state index in [-0.39, 0.29) is 11.9 Å². The van der Waals surface area contributed by atoms with E-state index in [1.165, 1.54) is 12.1 Å². The number of hydrogen-bond donors (Lipinski definition) is 1. The Labute approximate surface area is 82.3 Å². The molecular formula is C11H13FO2. The van der Waals surface area contributed by atoms with Crippen LogP contribution in [0.15, 0.2) is 24.3 Å². The lowest BCUT2D eigenvalue weighted by Crippen LogP contribution is -2.52. The van der Waals surface area contributed by atoms with Crippen LogP contribution in [0.1, 0.15) is 19.8 Å². The Morgan fingerprint density at radius 2 is 2.07 bits per heavy atom. The number of rotatable bonds is 2. The number of aliphatic hydroxyl groups is 1. The Morgan fingerprint density at radius 1 is 1.43 bits per heavy atom. The smallest absolute Gasteiger partial charge is 0.127 e. The van der Waals surface area contributed by atoms with Crippen molar-refractivity contribution in [2.75, 3.05) is 0 Å². The molecule has 76 valence electrons. The molecule has 0 bridgehead atoms. The molecule has 14 heavy (non-hydrogen) atoms. The monoisotopic (exact) mass is 196 g/mol. The van der Waals surface area contributed by atoms with Crippen molar-refractivity contribution < 1.29 is 14.2 Å². The third-order valence-electron chi connectivity index (χ3n) is 2.70. The van der Waals surface area contributed by atoms with Gasteiger partial charge in [-0.2, -0.15) is 0 Å². The molecule has 0 heterocycles. The molecule has 3 heteroatoms. The predicted molar refractivity (Wildman–Crippen MR) is 50.7 cm³/mol. The molecule has 0 aliphatic heterocycles. The maximum Gasteiger partial charge on any atom is 0.127 e. The quantitative estimate of drug-likeness (QED) is 0.785. The van der Waals surface area contributed by atoms with Gasteiger partial charge in [0.2, 0.25) is 0 Å². The first kappa shape index (κ1) is 9.46. The molecule has 1 aliphatic carbocycles. The Kier molecular flexibility index (Phi) is 2.19. The molecule has 2 atom stereocenters. The summed E-state index contributed by atoms with van der Waals surface area (Å²) in [5.74, 6) is 0.328. The van der Waals surface area contributed by atoms with E-state index in [4.69, 9.17) is 4.74 Å². The summed E-state index contributed by atoms with van der Waals surface area (Å²) in [6.45, 7) is 1.75. The predicted octanol–water partition coefficient (Wildman–Crippen LogP) is 2.12. The van der Waals surface area contributed by atoms with Gasteiger partial charge in [-0.15, -0.1) is 0 Å². The van der Waals surface area contributed by atoms with E-state index in [2.05, 4.69) is 0 Å². The van der Waals surface area contributed by atoms with Crippen LogP contribution >= 0.6 is 0 Å². The van der Waals surface area contributed by atoms with Crippen molar-refractivity contribution in [3.05, 3.63) is 30.1 Å². The van der Waals surface area contributed by atoms with Gasteiger partial charge in [-0.3, -0.25) is 0 Å². The van der Waals surface area contributed by atoms with Gasteiger partial charge in [0, 0.05) is 0 Å². The minimum Gasteiger partial charge on any atom is -0.487 e. The molecular weight excluding hydrogens is 183 g/mol. The minimum atomic E-state index is -0.728. The van der Waals surface area contributed by atoms with Crippen LogP contribution in [0.3, 0.4) is 0 Å². The molecule has 1 saturated carbocycles. The zero-order valence-corrected chi connectivity index (χ0v) is 8.03. The first-order valence-electron chi connectivity index (χ1n) is 4.72. The first-order valence-corrected chi connectivity index (χ1v) is 4.72. The normalized spacial score (nSPS) is 30.9. The fourth-order valence-electron chi connectivity index (χ4n) is 1.54. The summed E-state index contributed by atoms with van der Waals surface area (Å²) in [4.78, 5) is 0. The second-order valence-electron chi connectivity index (χ2n) is 3.96. The molecule has 1 N–H and O–H groups in total. The Hall–Kier alpha value is -1.09. The zero-order valence-electron chi connectivity index (χ0n) is 8.03. The standard InChI is InChI=1S/C11H13FO2/c1-11(13)7-6-10(11)14-9-4-2-8(12)3-5-9/h2-5,10,13H,6-7H2,1H3/t10-,11-/m0/s1. The van der Waals surface area contributed by atoms with Crippen molar-refractivity contribution in [1.82, 2.24) is 0 Å². The molecule has 0 spiro atoms. The van der Waals surface area contributed by atoms with E-state index in [0.717, 1.165) is 12.8 Å². The third-order valence-corrected chi connectivity index (χ3v) is 2.70. The van der Waals surface area contributed by atoms with Gasteiger partial charge in [-0.25, -0.2) is 4.39 Å². The van der Waals surface area contributed by atoms with Crippen LogP contribution in [0.2, 0.25) is 0 Å². The van der Waals surface area contributed by atoms with Gasteiger partial charge in [0.25, 0.3) is 0 Å². The molecule has 0 saturated heterocycles. The second-order valence-corrected chi connectivity index (χ2v) is 3.96. The van der Waals surface area contributed by atoms with E-state index in [1.807, 2.05) is 0 Å². The van der Waals surface area contributed by atoms with E-state index >= 15 is 0 Å². The number of hydrogen-bond acceptors (Lipinski definition) is 2. The molecule has 2 nitrogen and oxygen atoms in total. The van der Waals surface area contributed by atoms with Gasteiger partial charge < -0.3 is 9.84 Å². The molecule has 2 rings (SSSR count). The molecule has 1 fully saturated rings. The molecule has 0 aromatic heterocycles. The van der Waals surface area contributed by atoms with Crippen LogP contribution in [-0.4, -0.2) is 16.8 Å². The Bertz CT molecular complexity index is 319. The summed E-state index contributed by atoms with van der Waals surface area (Å²) >= 11 is 0. The highest BCUT2D eigenvalue weighted by molar-refractivity contribution is 5.23. The van der Waals surface area contributed by atoms with Crippen LogP contribution in [0.4, 0.5) is 4.39 Å². The van der Waals surface area contributed by atoms with E-state index in [9.17, 15) is 9.50 Å². The Morgan fingerprint density at radius 3 is 2.50 bits per heavy atom. The average Bonchev–Trinajstić information content (AvgIpc) is 2.15. The lowest BCUT2D eigenvalue weighted by atomic mass is 9.78. The highest BCUT2D eigenvalue weighted by Crippen LogP contribution is 2.34. The maximum absolute atomic E-state index is 12.6. The van der Waals surface area contributed by atoms with Gasteiger partial charge in [0.15, 0.2) is 0 Å². The molecule has 1 aromatic rings. The fraction of sp³-hybridized carbons (Fsp3) is 0.455. The summed E-state index contributed by atoms with van der Waals surface area (Å²) in [7, 11) is 0. The summed E-state index contributed by atoms with van der Waals surface area (Å²) in [5, 5.41) is 9.69. The minimum absolute atomic E-state index is 0.159. The highest BCUT2D eigenvalue weighted by Gasteiger charge is 2.42. The molecule has 0 radical (unpaired) electrons. The number of benzene rings is 1. The topological polar surface area (TPSA) is 29.5 Å². The van der Waals surface area contributed by atoms with Crippen molar-refractivity contribution in [3.8, 4) is 5.75 Å². The lowest BCUT2D eigenvalue weighted by Gasteiger charge is -2.42. The van der Waals surface area contributed by atoms with Crippen molar-refractivity contribution >= 4 is 0 Å². The second kappa shape index (κ2) is 3.24. The van der Waals surface area contributed by atoms with Gasteiger partial charge in [-0.05, 0) is 44.0 Å². The fourth-order valence-corrected chi connectivity index (χ4v) is 1.54. The van der Waals surface area contributed by atoms with Crippen molar-refractivity contribution in [2.24, 2.45) is 0 Å². The highest BCUT2D eigenvalue weighted by atomic mass is 19.1. The zero-order chi connectivity index (χ0) is 10.2. The molecule has 1 aromatic carbocycles. The van der Waals surface area contributed by atoms with Crippen molar-refractivity contribution in [3.63, 3.8) is 0 Å². The third kappa shape index (κ3) is 1.73. The molecule has 0 unspecified atom stereocenters. The maximum atomic E-state index is 12.6. The molecule has 0 amide bonds. The summed E-state index contributed by atoms with van der Waals surface area (Å²) < 4.78 is 18.1. The number of ether oxygens (including phenoxy) is 1. The van der Waals surface area contributed by atoms with Crippen LogP contribution < -0.4 is 4.74 Å². The lowest BCUT2D eigenvalue weighted by molar-refractivity contribution is -0.118. The summed E-state index contributed by atoms with van der Waals surface area (Å²) in [6.07, 6.45) is 1.46. The summed E-state index contributed by atoms with van der Waals surface area (Å²) in [6, 6.07) is 5.85. The SMILES string of the molecule is C[C@]1(O)CC[C@@H]1Oc1ccc(F)cc1. The van der Waals surface area contributed by atoms with Gasteiger partial charge in [0.05, 0.1) is 5.60 Å². The van der Waals surface area contributed by atoms with Crippen LogP contribution in [-0.2, 0) is 0 Å². The van der Waals surface area contributed by atoms with Crippen LogP contribution in [0, 0.1) is 5.82 Å². The van der Waals surface area contributed by atoms with E-state index < -0.39 is 5.60 Å². The van der Waals surface area contributed by atoms with Gasteiger partial charge >= 0.3 is 0 Å². The summed E-state index contributed by atoms with van der Waals surface area (Å²) in [5.41, 5.74) is -0.728. The first-order chi connectivity index (χ1) is 6.58. The van der Waals surface area contributed by atoms with Gasteiger partial charge in [-0.1, -0.05) is 0 Å². The average molecular weight is 196 g/mol. The number of halogens is 1. The largest absolute Gasteiger partial charge is 0.487 e. The van der Waals surface area contributed by atoms with Crippen molar-refractivity contribution in [2.45, 2.75) is 31.5 Å². The van der Waals surface area contributed by atoms with Crippen LogP contribution in [0.5, 0.6) is 5.75 Å².